The van der Waals surface area contributed by atoms with Gasteiger partial charge in [0, 0.05) is 6.04 Å². The molecular weight excluding hydrogens is 189 g/mol. The Morgan fingerprint density at radius 2 is 2.20 bits per heavy atom. The van der Waals surface area contributed by atoms with Crippen molar-refractivity contribution >= 4 is 0 Å². The molecular formula is C13H16FN. The second-order valence-electron chi connectivity index (χ2n) is 3.38. The van der Waals surface area contributed by atoms with E-state index < -0.39 is 0 Å². The molecule has 1 unspecified atom stereocenters. The first-order valence-electron chi connectivity index (χ1n) is 5.04. The Hall–Kier alpha value is -1.33. The average Bonchev–Trinajstić information content (AvgIpc) is 2.72. The number of terminal acetylenes is 1. The van der Waals surface area contributed by atoms with Gasteiger partial charge < -0.3 is 0 Å². The summed E-state index contributed by atoms with van der Waals surface area (Å²) in [6, 6.07) is 9.06. The van der Waals surface area contributed by atoms with Crippen LogP contribution in [-0.4, -0.2) is 13.7 Å². The Morgan fingerprint density at radius 1 is 1.47 bits per heavy atom. The van der Waals surface area contributed by atoms with Crippen LogP contribution in [0.3, 0.4) is 0 Å². The minimum atomic E-state index is 0.479. The summed E-state index contributed by atoms with van der Waals surface area (Å²) < 4.78 is 9.50. The molecule has 1 N–H and O–H groups in total. The lowest BCUT2D eigenvalue weighted by Crippen LogP contribution is -2.19. The minimum absolute atomic E-state index is 0.479. The van der Waals surface area contributed by atoms with Gasteiger partial charge in [0.15, 0.2) is 0 Å². The highest BCUT2D eigenvalue weighted by Gasteiger charge is 2.20. The number of hydrogen-bond acceptors (Lipinski definition) is 1. The molecule has 0 radical (unpaired) electrons. The Bertz CT molecular complexity index is 341. The van der Waals surface area contributed by atoms with Gasteiger partial charge in [-0.05, 0) is 24.0 Å². The molecule has 0 heterocycles. The lowest BCUT2D eigenvalue weighted by atomic mass is 10.1. The van der Waals surface area contributed by atoms with Crippen molar-refractivity contribution in [2.24, 2.45) is 0 Å². The molecule has 1 aromatic rings. The van der Waals surface area contributed by atoms with Gasteiger partial charge in [0.05, 0.1) is 13.7 Å². The Labute approximate surface area is 90.7 Å². The fourth-order valence-corrected chi connectivity index (χ4v) is 1.95. The van der Waals surface area contributed by atoms with Gasteiger partial charge in [-0.1, -0.05) is 30.2 Å². The molecule has 0 aromatic heterocycles. The zero-order valence-corrected chi connectivity index (χ0v) is 8.96. The molecule has 0 bridgehead atoms. The lowest BCUT2D eigenvalue weighted by molar-refractivity contribution is 0.568. The second kappa shape index (κ2) is 6.21. The Balaban J connectivity index is 0.000000531. The number of nitrogens with one attached hydrogen (secondary N) is 1. The van der Waals surface area contributed by atoms with Gasteiger partial charge in [-0.15, -0.1) is 6.42 Å². The van der Waals surface area contributed by atoms with Crippen molar-refractivity contribution in [3.8, 4) is 12.3 Å². The molecule has 0 aliphatic heterocycles. The van der Waals surface area contributed by atoms with E-state index in [1.807, 2.05) is 0 Å². The number of fused-ring (bicyclic) bond motifs is 1. The lowest BCUT2D eigenvalue weighted by Gasteiger charge is -2.10. The maximum atomic E-state index is 9.50. The van der Waals surface area contributed by atoms with E-state index in [0.29, 0.717) is 19.8 Å². The van der Waals surface area contributed by atoms with E-state index in [1.54, 1.807) is 0 Å². The normalized spacial score (nSPS) is 17.3. The molecule has 0 saturated heterocycles. The molecule has 15 heavy (non-hydrogen) atoms. The SMILES string of the molecule is C#CCNC1CCc2ccccc21.CF. The first kappa shape index (κ1) is 11.7. The quantitative estimate of drug-likeness (QED) is 0.731. The van der Waals surface area contributed by atoms with Crippen LogP contribution in [-0.2, 0) is 6.42 Å². The maximum Gasteiger partial charge on any atom is 0.0785 e. The van der Waals surface area contributed by atoms with Crippen molar-refractivity contribution < 1.29 is 4.39 Å². The van der Waals surface area contributed by atoms with Crippen molar-refractivity contribution in [2.75, 3.05) is 13.7 Å². The predicted molar refractivity (Wildman–Crippen MR) is 61.4 cm³/mol. The van der Waals surface area contributed by atoms with Gasteiger partial charge in [0.25, 0.3) is 0 Å². The van der Waals surface area contributed by atoms with Crippen molar-refractivity contribution in [1.82, 2.24) is 5.32 Å². The fraction of sp³-hybridized carbons (Fsp3) is 0.385. The van der Waals surface area contributed by atoms with Crippen LogP contribution in [0.15, 0.2) is 24.3 Å². The van der Waals surface area contributed by atoms with E-state index >= 15 is 0 Å². The van der Waals surface area contributed by atoms with E-state index in [1.165, 1.54) is 24.0 Å². The standard InChI is InChI=1S/C12H13N.CH3F/c1-2-9-13-12-8-7-10-5-3-4-6-11(10)12;1-2/h1,3-6,12-13H,7-9H2;1H3. The molecule has 1 aliphatic carbocycles. The number of halogens is 1. The topological polar surface area (TPSA) is 12.0 Å². The van der Waals surface area contributed by atoms with Crippen molar-refractivity contribution in [3.05, 3.63) is 35.4 Å². The number of aryl methyl sites for hydroxylation is 1. The highest BCUT2D eigenvalue weighted by Crippen LogP contribution is 2.30. The summed E-state index contributed by atoms with van der Waals surface area (Å²) in [5.74, 6) is 2.61. The fourth-order valence-electron chi connectivity index (χ4n) is 1.95. The highest BCUT2D eigenvalue weighted by atomic mass is 19.1. The van der Waals surface area contributed by atoms with E-state index in [-0.39, 0.29) is 0 Å². The monoisotopic (exact) mass is 205 g/mol. The summed E-state index contributed by atoms with van der Waals surface area (Å²) >= 11 is 0. The number of hydrogen-bond donors (Lipinski definition) is 1. The maximum absolute atomic E-state index is 9.50. The largest absolute Gasteiger partial charge is 0.299 e. The third kappa shape index (κ3) is 2.81. The summed E-state index contributed by atoms with van der Waals surface area (Å²) in [5.41, 5.74) is 2.90. The van der Waals surface area contributed by atoms with Crippen LogP contribution in [0.1, 0.15) is 23.6 Å². The molecule has 0 amide bonds. The molecule has 1 aliphatic rings. The molecule has 1 atom stereocenters. The predicted octanol–water partition coefficient (Wildman–Crippen LogP) is 2.48. The van der Waals surface area contributed by atoms with Crippen LogP contribution in [0.4, 0.5) is 4.39 Å². The smallest absolute Gasteiger partial charge is 0.0785 e. The van der Waals surface area contributed by atoms with E-state index in [2.05, 4.69) is 35.5 Å². The van der Waals surface area contributed by atoms with Crippen LogP contribution in [0.25, 0.3) is 0 Å². The molecule has 80 valence electrons. The molecule has 0 spiro atoms. The van der Waals surface area contributed by atoms with Gasteiger partial charge in [0.2, 0.25) is 0 Å². The highest BCUT2D eigenvalue weighted by molar-refractivity contribution is 5.34. The van der Waals surface area contributed by atoms with Gasteiger partial charge in [-0.25, -0.2) is 0 Å². The first-order chi connectivity index (χ1) is 7.42. The third-order valence-corrected chi connectivity index (χ3v) is 2.58. The van der Waals surface area contributed by atoms with Crippen LogP contribution < -0.4 is 5.32 Å². The summed E-state index contributed by atoms with van der Waals surface area (Å²) in [6.07, 6.45) is 7.57. The van der Waals surface area contributed by atoms with Crippen LogP contribution in [0.2, 0.25) is 0 Å². The molecule has 2 heteroatoms. The number of rotatable bonds is 2. The summed E-state index contributed by atoms with van der Waals surface area (Å²) in [6.45, 7) is 0.666. The number of benzene rings is 1. The Morgan fingerprint density at radius 3 is 2.93 bits per heavy atom. The molecule has 1 aromatic carbocycles. The van der Waals surface area contributed by atoms with Gasteiger partial charge >= 0.3 is 0 Å². The van der Waals surface area contributed by atoms with Gasteiger partial charge in [-0.2, -0.15) is 0 Å². The molecule has 0 fully saturated rings. The van der Waals surface area contributed by atoms with E-state index in [0.717, 1.165) is 0 Å². The van der Waals surface area contributed by atoms with E-state index in [4.69, 9.17) is 6.42 Å². The molecule has 2 rings (SSSR count). The van der Waals surface area contributed by atoms with E-state index in [9.17, 15) is 4.39 Å². The summed E-state index contributed by atoms with van der Waals surface area (Å²) in [5, 5.41) is 3.35. The second-order valence-corrected chi connectivity index (χ2v) is 3.38. The summed E-state index contributed by atoms with van der Waals surface area (Å²) in [4.78, 5) is 0. The van der Waals surface area contributed by atoms with Crippen molar-refractivity contribution in [1.29, 1.82) is 0 Å². The van der Waals surface area contributed by atoms with Crippen molar-refractivity contribution in [3.63, 3.8) is 0 Å². The van der Waals surface area contributed by atoms with Crippen LogP contribution >= 0.6 is 0 Å². The molecule has 0 saturated carbocycles. The van der Waals surface area contributed by atoms with Crippen LogP contribution in [0.5, 0.6) is 0 Å². The van der Waals surface area contributed by atoms with Gasteiger partial charge in [0.1, 0.15) is 0 Å². The summed E-state index contributed by atoms with van der Waals surface area (Å²) in [7, 11) is 0.500. The minimum Gasteiger partial charge on any atom is -0.299 e. The molecule has 1 nitrogen and oxygen atoms in total. The average molecular weight is 205 g/mol. The van der Waals surface area contributed by atoms with Crippen molar-refractivity contribution in [2.45, 2.75) is 18.9 Å². The third-order valence-electron chi connectivity index (χ3n) is 2.58. The zero-order chi connectivity index (χ0) is 11.1. The number of alkyl halides is 1. The first-order valence-corrected chi connectivity index (χ1v) is 5.04. The Kier molecular flexibility index (Phi) is 4.86. The van der Waals surface area contributed by atoms with Gasteiger partial charge in [-0.3, -0.25) is 9.71 Å². The van der Waals surface area contributed by atoms with Crippen LogP contribution in [0, 0.1) is 12.3 Å². The zero-order valence-electron chi connectivity index (χ0n) is 8.96.